The van der Waals surface area contributed by atoms with Crippen LogP contribution in [0, 0.1) is 0 Å². The summed E-state index contributed by atoms with van der Waals surface area (Å²) in [4.78, 5) is 28.4. The molecule has 1 N–H and O–H groups in total. The Bertz CT molecular complexity index is 1080. The number of para-hydroxylation sites is 1. The number of carbonyl (C=O) groups is 1. The van der Waals surface area contributed by atoms with E-state index in [1.165, 1.54) is 19.1 Å². The molecule has 0 saturated carbocycles. The maximum absolute atomic E-state index is 12.1. The van der Waals surface area contributed by atoms with E-state index in [4.69, 9.17) is 9.15 Å². The topological polar surface area (TPSA) is 89.1 Å². The molecule has 3 aromatic rings. The van der Waals surface area contributed by atoms with Crippen LogP contribution in [0.3, 0.4) is 0 Å². The highest BCUT2D eigenvalue weighted by Crippen LogP contribution is 2.25. The van der Waals surface area contributed by atoms with Gasteiger partial charge in [-0.05, 0) is 42.8 Å². The van der Waals surface area contributed by atoms with E-state index in [2.05, 4.69) is 11.9 Å². The van der Waals surface area contributed by atoms with E-state index in [1.807, 2.05) is 0 Å². The van der Waals surface area contributed by atoms with Gasteiger partial charge in [0, 0.05) is 6.21 Å². The monoisotopic (exact) mass is 407 g/mol. The van der Waals surface area contributed by atoms with Crippen molar-refractivity contribution in [1.82, 2.24) is 0 Å². The molecule has 0 spiro atoms. The first kappa shape index (κ1) is 21.3. The lowest BCUT2D eigenvalue weighted by atomic mass is 10.1. The van der Waals surface area contributed by atoms with E-state index >= 15 is 0 Å². The molecule has 0 aliphatic carbocycles. The zero-order chi connectivity index (χ0) is 21.3. The third-order valence-corrected chi connectivity index (χ3v) is 4.75. The van der Waals surface area contributed by atoms with Crippen molar-refractivity contribution in [3.63, 3.8) is 0 Å². The molecule has 0 saturated heterocycles. The molecule has 0 amide bonds. The Morgan fingerprint density at radius 1 is 1.07 bits per heavy atom. The van der Waals surface area contributed by atoms with E-state index in [0.717, 1.165) is 19.3 Å². The SMILES string of the molecule is CCCCCCCOC(=O)c1ccc(N=Cc2c(O)c3ccccc3oc2=O)cc1. The Labute approximate surface area is 174 Å². The third kappa shape index (κ3) is 5.35. The number of carbonyl (C=O) groups excluding carboxylic acids is 1. The molecule has 1 aromatic heterocycles. The number of aliphatic imine (C=N–C) groups is 1. The number of hydrogen-bond donors (Lipinski definition) is 1. The van der Waals surface area contributed by atoms with Crippen LogP contribution in [0.15, 0.2) is 62.7 Å². The summed E-state index contributed by atoms with van der Waals surface area (Å²) in [7, 11) is 0. The lowest BCUT2D eigenvalue weighted by Crippen LogP contribution is -2.07. The van der Waals surface area contributed by atoms with Crippen molar-refractivity contribution in [3.05, 3.63) is 70.1 Å². The standard InChI is InChI=1S/C24H25NO5/c1-2-3-4-5-8-15-29-23(27)17-11-13-18(14-12-17)25-16-20-22(26)19-9-6-7-10-21(19)30-24(20)28/h6-7,9-14,16,26H,2-5,8,15H2,1H3. The van der Waals surface area contributed by atoms with Crippen LogP contribution in [0.25, 0.3) is 11.0 Å². The van der Waals surface area contributed by atoms with Crippen molar-refractivity contribution in [2.75, 3.05) is 6.61 Å². The van der Waals surface area contributed by atoms with E-state index < -0.39 is 5.63 Å². The molecule has 6 nitrogen and oxygen atoms in total. The molecule has 30 heavy (non-hydrogen) atoms. The molecule has 6 heteroatoms. The average molecular weight is 407 g/mol. The van der Waals surface area contributed by atoms with Gasteiger partial charge in [-0.25, -0.2) is 9.59 Å². The molecule has 3 rings (SSSR count). The largest absolute Gasteiger partial charge is 0.506 e. The summed E-state index contributed by atoms with van der Waals surface area (Å²) in [5.74, 6) is -0.543. The molecule has 0 atom stereocenters. The van der Waals surface area contributed by atoms with Crippen molar-refractivity contribution in [3.8, 4) is 5.75 Å². The number of ether oxygens (including phenoxy) is 1. The molecule has 0 unspecified atom stereocenters. The van der Waals surface area contributed by atoms with Gasteiger partial charge in [0.25, 0.3) is 0 Å². The van der Waals surface area contributed by atoms with Crippen molar-refractivity contribution in [2.24, 2.45) is 4.99 Å². The normalized spacial score (nSPS) is 11.2. The average Bonchev–Trinajstić information content (AvgIpc) is 2.76. The van der Waals surface area contributed by atoms with Crippen LogP contribution in [0.2, 0.25) is 0 Å². The number of benzene rings is 2. The van der Waals surface area contributed by atoms with Crippen molar-refractivity contribution >= 4 is 28.8 Å². The fourth-order valence-electron chi connectivity index (χ4n) is 3.04. The minimum atomic E-state index is -0.672. The highest BCUT2D eigenvalue weighted by Gasteiger charge is 2.12. The van der Waals surface area contributed by atoms with Crippen LogP contribution in [0.5, 0.6) is 5.75 Å². The Morgan fingerprint density at radius 2 is 1.80 bits per heavy atom. The van der Waals surface area contributed by atoms with E-state index in [0.29, 0.717) is 28.8 Å². The maximum Gasteiger partial charge on any atom is 0.348 e. The molecular formula is C24H25NO5. The molecule has 0 fully saturated rings. The van der Waals surface area contributed by atoms with Gasteiger partial charge >= 0.3 is 11.6 Å². The Hall–Kier alpha value is -3.41. The van der Waals surface area contributed by atoms with Crippen LogP contribution in [0.4, 0.5) is 5.69 Å². The van der Waals surface area contributed by atoms with Crippen LogP contribution in [-0.2, 0) is 4.74 Å². The molecule has 0 bridgehead atoms. The number of hydrogen-bond acceptors (Lipinski definition) is 6. The number of fused-ring (bicyclic) bond motifs is 1. The number of nitrogens with zero attached hydrogens (tertiary/aromatic N) is 1. The minimum Gasteiger partial charge on any atom is -0.506 e. The zero-order valence-corrected chi connectivity index (χ0v) is 17.0. The maximum atomic E-state index is 12.1. The Balaban J connectivity index is 1.63. The molecular weight excluding hydrogens is 382 g/mol. The fraction of sp³-hybridized carbons (Fsp3) is 0.292. The first-order valence-corrected chi connectivity index (χ1v) is 10.2. The first-order valence-electron chi connectivity index (χ1n) is 10.2. The summed E-state index contributed by atoms with van der Waals surface area (Å²) >= 11 is 0. The predicted molar refractivity (Wildman–Crippen MR) is 117 cm³/mol. The predicted octanol–water partition coefficient (Wildman–Crippen LogP) is 5.38. The number of aromatic hydroxyl groups is 1. The Morgan fingerprint density at radius 3 is 2.57 bits per heavy atom. The van der Waals surface area contributed by atoms with Gasteiger partial charge in [0.15, 0.2) is 0 Å². The van der Waals surface area contributed by atoms with E-state index in [-0.39, 0.29) is 17.3 Å². The minimum absolute atomic E-state index is 0.0275. The van der Waals surface area contributed by atoms with Crippen molar-refractivity contribution in [1.29, 1.82) is 0 Å². The summed E-state index contributed by atoms with van der Waals surface area (Å²) < 4.78 is 10.5. The summed E-state index contributed by atoms with van der Waals surface area (Å²) in [5.41, 5.74) is 0.577. The second-order valence-electron chi connectivity index (χ2n) is 7.00. The van der Waals surface area contributed by atoms with Crippen molar-refractivity contribution in [2.45, 2.75) is 39.0 Å². The second kappa shape index (κ2) is 10.4. The highest BCUT2D eigenvalue weighted by molar-refractivity contribution is 5.94. The number of rotatable bonds is 9. The summed E-state index contributed by atoms with van der Waals surface area (Å²) in [6.45, 7) is 2.58. The molecule has 2 aromatic carbocycles. The molecule has 0 aliphatic rings. The smallest absolute Gasteiger partial charge is 0.348 e. The molecule has 0 aliphatic heterocycles. The first-order chi connectivity index (χ1) is 14.6. The van der Waals surface area contributed by atoms with Gasteiger partial charge < -0.3 is 14.3 Å². The fourth-order valence-corrected chi connectivity index (χ4v) is 3.04. The van der Waals surface area contributed by atoms with Gasteiger partial charge in [-0.2, -0.15) is 0 Å². The van der Waals surface area contributed by atoms with E-state index in [1.54, 1.807) is 48.5 Å². The number of unbranched alkanes of at least 4 members (excludes halogenated alkanes) is 4. The van der Waals surface area contributed by atoms with Crippen LogP contribution in [-0.4, -0.2) is 23.9 Å². The summed E-state index contributed by atoms with van der Waals surface area (Å²) in [6, 6.07) is 13.3. The lowest BCUT2D eigenvalue weighted by Gasteiger charge is -2.05. The van der Waals surface area contributed by atoms with E-state index in [9.17, 15) is 14.7 Å². The van der Waals surface area contributed by atoms with Gasteiger partial charge in [0.05, 0.1) is 23.2 Å². The summed E-state index contributed by atoms with van der Waals surface area (Å²) in [5, 5.41) is 10.8. The zero-order valence-electron chi connectivity index (χ0n) is 17.0. The van der Waals surface area contributed by atoms with Gasteiger partial charge in [-0.3, -0.25) is 4.99 Å². The molecule has 156 valence electrons. The van der Waals surface area contributed by atoms with Gasteiger partial charge in [-0.15, -0.1) is 0 Å². The third-order valence-electron chi connectivity index (χ3n) is 4.75. The van der Waals surface area contributed by atoms with Crippen LogP contribution >= 0.6 is 0 Å². The highest BCUT2D eigenvalue weighted by atomic mass is 16.5. The van der Waals surface area contributed by atoms with Crippen LogP contribution in [0.1, 0.15) is 54.9 Å². The quantitative estimate of drug-likeness (QED) is 0.223. The summed E-state index contributed by atoms with van der Waals surface area (Å²) in [6.07, 6.45) is 6.73. The van der Waals surface area contributed by atoms with Crippen LogP contribution < -0.4 is 5.63 Å². The second-order valence-corrected chi connectivity index (χ2v) is 7.00. The number of esters is 1. The van der Waals surface area contributed by atoms with Gasteiger partial charge in [0.1, 0.15) is 16.9 Å². The molecule has 1 heterocycles. The van der Waals surface area contributed by atoms with Gasteiger partial charge in [0.2, 0.25) is 0 Å². The molecule has 0 radical (unpaired) electrons. The Kier molecular flexibility index (Phi) is 7.38. The van der Waals surface area contributed by atoms with Crippen molar-refractivity contribution < 1.29 is 19.1 Å². The van der Waals surface area contributed by atoms with Gasteiger partial charge in [-0.1, -0.05) is 44.7 Å². The lowest BCUT2D eigenvalue weighted by molar-refractivity contribution is 0.0497.